The molecule has 3 rings (SSSR count). The van der Waals surface area contributed by atoms with Gasteiger partial charge >= 0.3 is 0 Å². The van der Waals surface area contributed by atoms with E-state index in [-0.39, 0.29) is 16.7 Å². The summed E-state index contributed by atoms with van der Waals surface area (Å²) >= 11 is 6.11. The van der Waals surface area contributed by atoms with Gasteiger partial charge in [-0.15, -0.1) is 0 Å². The predicted molar refractivity (Wildman–Crippen MR) is 93.1 cm³/mol. The third-order valence-corrected chi connectivity index (χ3v) is 3.80. The zero-order valence-corrected chi connectivity index (χ0v) is 13.6. The van der Waals surface area contributed by atoms with Crippen LogP contribution in [0.1, 0.15) is 10.5 Å². The lowest BCUT2D eigenvalue weighted by molar-refractivity contribution is -0.117. The van der Waals surface area contributed by atoms with E-state index < -0.39 is 17.6 Å². The molecular formula is C18H11ClN4O2. The van der Waals surface area contributed by atoms with Crippen LogP contribution in [0, 0.1) is 17.2 Å². The van der Waals surface area contributed by atoms with Crippen molar-refractivity contribution in [1.29, 1.82) is 5.26 Å². The number of ketones is 1. The fourth-order valence-electron chi connectivity index (χ4n) is 2.30. The quantitative estimate of drug-likeness (QED) is 0.442. The van der Waals surface area contributed by atoms with Gasteiger partial charge in [0.1, 0.15) is 16.7 Å². The van der Waals surface area contributed by atoms with Gasteiger partial charge in [0.25, 0.3) is 5.91 Å². The summed E-state index contributed by atoms with van der Waals surface area (Å²) in [6.45, 7) is 0. The molecule has 2 aromatic heterocycles. The Kier molecular flexibility index (Phi) is 4.68. The number of hydrogen-bond donors (Lipinski definition) is 1. The normalized spacial score (nSPS) is 11.5. The first-order chi connectivity index (χ1) is 12.1. The second-order valence-electron chi connectivity index (χ2n) is 5.15. The molecule has 0 bridgehead atoms. The molecule has 0 aliphatic rings. The lowest BCUT2D eigenvalue weighted by Crippen LogP contribution is -2.29. The Balaban J connectivity index is 1.90. The molecule has 2 heterocycles. The molecule has 6 nitrogen and oxygen atoms in total. The second kappa shape index (κ2) is 7.07. The molecule has 1 aromatic carbocycles. The number of nitrogens with zero attached hydrogens (tertiary/aromatic N) is 3. The average molecular weight is 351 g/mol. The maximum absolute atomic E-state index is 12.6. The SMILES string of the molecule is N#C[C@@H](C(=O)Nc1ccccn1)C(=O)c1cc2ccccc2c(Cl)n1. The van der Waals surface area contributed by atoms with Crippen molar-refractivity contribution < 1.29 is 9.59 Å². The van der Waals surface area contributed by atoms with Gasteiger partial charge in [-0.1, -0.05) is 41.9 Å². The van der Waals surface area contributed by atoms with Gasteiger partial charge in [0.15, 0.2) is 5.92 Å². The largest absolute Gasteiger partial charge is 0.309 e. The third kappa shape index (κ3) is 3.47. The van der Waals surface area contributed by atoms with Crippen LogP contribution in [-0.2, 0) is 4.79 Å². The van der Waals surface area contributed by atoms with Crippen LogP contribution in [0.4, 0.5) is 5.82 Å². The van der Waals surface area contributed by atoms with E-state index in [1.165, 1.54) is 12.3 Å². The van der Waals surface area contributed by atoms with Crippen molar-refractivity contribution in [2.75, 3.05) is 5.32 Å². The maximum Gasteiger partial charge on any atom is 0.250 e. The van der Waals surface area contributed by atoms with Gasteiger partial charge in [0.05, 0.1) is 6.07 Å². The molecule has 0 saturated carbocycles. The fourth-order valence-corrected chi connectivity index (χ4v) is 2.56. The summed E-state index contributed by atoms with van der Waals surface area (Å²) < 4.78 is 0. The first kappa shape index (κ1) is 16.6. The van der Waals surface area contributed by atoms with Crippen LogP contribution in [-0.4, -0.2) is 21.7 Å². The Morgan fingerprint density at radius 1 is 1.16 bits per heavy atom. The minimum atomic E-state index is -1.55. The number of aromatic nitrogens is 2. The zero-order chi connectivity index (χ0) is 17.8. The lowest BCUT2D eigenvalue weighted by Gasteiger charge is -2.10. The van der Waals surface area contributed by atoms with Crippen LogP contribution in [0.15, 0.2) is 54.7 Å². The summed E-state index contributed by atoms with van der Waals surface area (Å²) in [6, 6.07) is 15.3. The summed E-state index contributed by atoms with van der Waals surface area (Å²) in [7, 11) is 0. The van der Waals surface area contributed by atoms with E-state index in [9.17, 15) is 14.9 Å². The van der Waals surface area contributed by atoms with Crippen LogP contribution in [0.5, 0.6) is 0 Å². The number of carbonyl (C=O) groups excluding carboxylic acids is 2. The Hall–Kier alpha value is -3.30. The number of pyridine rings is 2. The van der Waals surface area contributed by atoms with Crippen LogP contribution in [0.3, 0.4) is 0 Å². The number of anilines is 1. The number of hydrogen-bond acceptors (Lipinski definition) is 5. The second-order valence-corrected chi connectivity index (χ2v) is 5.51. The van der Waals surface area contributed by atoms with Gasteiger partial charge in [0, 0.05) is 11.6 Å². The van der Waals surface area contributed by atoms with E-state index in [1.807, 2.05) is 0 Å². The number of amides is 1. The minimum absolute atomic E-state index is 0.0357. The van der Waals surface area contributed by atoms with Crippen molar-refractivity contribution in [3.8, 4) is 6.07 Å². The van der Waals surface area contributed by atoms with Gasteiger partial charge in [-0.05, 0) is 23.6 Å². The van der Waals surface area contributed by atoms with E-state index in [2.05, 4.69) is 15.3 Å². The molecule has 1 atom stereocenters. The van der Waals surface area contributed by atoms with Gasteiger partial charge < -0.3 is 5.32 Å². The first-order valence-electron chi connectivity index (χ1n) is 7.31. The summed E-state index contributed by atoms with van der Waals surface area (Å²) in [5.41, 5.74) is -0.0357. The number of carbonyl (C=O) groups is 2. The molecule has 1 amide bonds. The van der Waals surface area contributed by atoms with Crippen molar-refractivity contribution in [3.63, 3.8) is 0 Å². The summed E-state index contributed by atoms with van der Waals surface area (Å²) in [5, 5.41) is 13.2. The molecule has 0 spiro atoms. The van der Waals surface area contributed by atoms with E-state index in [0.29, 0.717) is 10.8 Å². The summed E-state index contributed by atoms with van der Waals surface area (Å²) in [6.07, 6.45) is 1.49. The Morgan fingerprint density at radius 3 is 2.64 bits per heavy atom. The number of benzene rings is 1. The topological polar surface area (TPSA) is 95.7 Å². The predicted octanol–water partition coefficient (Wildman–Crippen LogP) is 3.24. The van der Waals surface area contributed by atoms with Crippen LogP contribution in [0.25, 0.3) is 10.8 Å². The van der Waals surface area contributed by atoms with Crippen molar-refractivity contribution in [2.45, 2.75) is 0 Å². The number of halogens is 1. The van der Waals surface area contributed by atoms with Gasteiger partial charge in [-0.25, -0.2) is 9.97 Å². The molecule has 7 heteroatoms. The highest BCUT2D eigenvalue weighted by molar-refractivity contribution is 6.34. The van der Waals surface area contributed by atoms with Gasteiger partial charge in [-0.2, -0.15) is 5.26 Å². The number of nitrogens with one attached hydrogen (secondary N) is 1. The van der Waals surface area contributed by atoms with E-state index in [1.54, 1.807) is 48.5 Å². The number of rotatable bonds is 4. The summed E-state index contributed by atoms with van der Waals surface area (Å²) in [4.78, 5) is 32.8. The zero-order valence-electron chi connectivity index (χ0n) is 12.8. The van der Waals surface area contributed by atoms with E-state index in [0.717, 1.165) is 0 Å². The van der Waals surface area contributed by atoms with Crippen LogP contribution < -0.4 is 5.32 Å². The van der Waals surface area contributed by atoms with E-state index in [4.69, 9.17) is 11.6 Å². The van der Waals surface area contributed by atoms with Gasteiger partial charge in [0.2, 0.25) is 5.78 Å². The molecule has 3 aromatic rings. The highest BCUT2D eigenvalue weighted by atomic mass is 35.5. The van der Waals surface area contributed by atoms with E-state index >= 15 is 0 Å². The molecule has 0 unspecified atom stereocenters. The molecule has 0 aliphatic carbocycles. The molecule has 25 heavy (non-hydrogen) atoms. The van der Waals surface area contributed by atoms with Crippen molar-refractivity contribution >= 4 is 39.9 Å². The monoisotopic (exact) mass is 350 g/mol. The minimum Gasteiger partial charge on any atom is -0.309 e. The highest BCUT2D eigenvalue weighted by Crippen LogP contribution is 2.23. The Labute approximate surface area is 148 Å². The van der Waals surface area contributed by atoms with Gasteiger partial charge in [-0.3, -0.25) is 9.59 Å². The maximum atomic E-state index is 12.6. The Bertz CT molecular complexity index is 999. The summed E-state index contributed by atoms with van der Waals surface area (Å²) in [5.74, 6) is -2.78. The number of Topliss-reactive ketones (excluding diaryl/α,β-unsaturated/α-hetero) is 1. The molecule has 0 aliphatic heterocycles. The van der Waals surface area contributed by atoms with Crippen molar-refractivity contribution in [1.82, 2.24) is 9.97 Å². The standard InChI is InChI=1S/C18H11ClN4O2/c19-17-12-6-2-1-5-11(12)9-14(22-17)16(24)13(10-20)18(25)23-15-7-3-4-8-21-15/h1-9,13H,(H,21,23,25)/t13-/m1/s1. The van der Waals surface area contributed by atoms with Crippen LogP contribution in [0.2, 0.25) is 5.15 Å². The fraction of sp³-hybridized carbons (Fsp3) is 0.0556. The van der Waals surface area contributed by atoms with Crippen molar-refractivity contribution in [2.24, 2.45) is 5.92 Å². The lowest BCUT2D eigenvalue weighted by atomic mass is 10.0. The number of nitriles is 1. The first-order valence-corrected chi connectivity index (χ1v) is 7.69. The van der Waals surface area contributed by atoms with Crippen molar-refractivity contribution in [3.05, 3.63) is 65.6 Å². The molecule has 0 saturated heterocycles. The third-order valence-electron chi connectivity index (χ3n) is 3.52. The smallest absolute Gasteiger partial charge is 0.250 e. The molecule has 0 fully saturated rings. The molecule has 1 N–H and O–H groups in total. The average Bonchev–Trinajstić information content (AvgIpc) is 2.63. The Morgan fingerprint density at radius 2 is 1.92 bits per heavy atom. The molecule has 122 valence electrons. The number of fused-ring (bicyclic) bond motifs is 1. The molecular weight excluding hydrogens is 340 g/mol. The van der Waals surface area contributed by atoms with Crippen LogP contribution >= 0.6 is 11.6 Å². The highest BCUT2D eigenvalue weighted by Gasteiger charge is 2.29. The molecule has 0 radical (unpaired) electrons.